The number of carbonyl (C=O) groups is 1. The van der Waals surface area contributed by atoms with Gasteiger partial charge in [0.25, 0.3) is 0 Å². The van der Waals surface area contributed by atoms with Gasteiger partial charge in [0, 0.05) is 11.6 Å². The van der Waals surface area contributed by atoms with E-state index in [9.17, 15) is 4.79 Å². The lowest BCUT2D eigenvalue weighted by molar-refractivity contribution is 0.269. The Balaban J connectivity index is 2.59. The Morgan fingerprint density at radius 3 is 2.86 bits per heavy atom. The van der Waals surface area contributed by atoms with Gasteiger partial charge in [-0.15, -0.1) is 0 Å². The van der Waals surface area contributed by atoms with E-state index in [0.29, 0.717) is 5.69 Å². The molecule has 0 spiro atoms. The number of hydrogen-bond acceptors (Lipinski definition) is 2. The van der Waals surface area contributed by atoms with Crippen LogP contribution >= 0.6 is 11.6 Å². The van der Waals surface area contributed by atoms with Gasteiger partial charge >= 0.3 is 5.37 Å². The summed E-state index contributed by atoms with van der Waals surface area (Å²) in [5, 5.41) is 2.87. The molecular formula is C10H7ClN2O. The van der Waals surface area contributed by atoms with Crippen molar-refractivity contribution in [2.24, 2.45) is 0 Å². The third-order valence-electron chi connectivity index (χ3n) is 1.87. The number of carbonyl (C=O) groups excluding carboxylic acids is 1. The Morgan fingerprint density at radius 2 is 2.07 bits per heavy atom. The minimum Gasteiger partial charge on any atom is -0.310 e. The van der Waals surface area contributed by atoms with E-state index in [4.69, 9.17) is 11.6 Å². The Bertz CT molecular complexity index is 479. The van der Waals surface area contributed by atoms with Crippen molar-refractivity contribution < 1.29 is 4.79 Å². The van der Waals surface area contributed by atoms with Gasteiger partial charge < -0.3 is 5.32 Å². The molecule has 1 N–H and O–H groups in total. The van der Waals surface area contributed by atoms with Crippen molar-refractivity contribution in [1.29, 1.82) is 0 Å². The standard InChI is InChI=1S/C10H7ClN2O/c11-10(14)13-8-5-1-3-7-4-2-6-12-9(7)8/h1-6H,(H,13,14). The molecule has 0 aliphatic carbocycles. The van der Waals surface area contributed by atoms with Gasteiger partial charge in [-0.3, -0.25) is 9.78 Å². The third-order valence-corrected chi connectivity index (χ3v) is 1.96. The van der Waals surface area contributed by atoms with Crippen LogP contribution in [0.2, 0.25) is 0 Å². The van der Waals surface area contributed by atoms with Crippen molar-refractivity contribution >= 4 is 33.6 Å². The lowest BCUT2D eigenvalue weighted by atomic mass is 10.2. The van der Waals surface area contributed by atoms with Crippen LogP contribution in [-0.2, 0) is 0 Å². The second-order valence-corrected chi connectivity index (χ2v) is 3.12. The molecule has 2 rings (SSSR count). The molecule has 2 aromatic rings. The Morgan fingerprint density at radius 1 is 1.29 bits per heavy atom. The fourth-order valence-corrected chi connectivity index (χ4v) is 1.41. The number of hydrogen-bond donors (Lipinski definition) is 1. The predicted molar refractivity (Wildman–Crippen MR) is 56.6 cm³/mol. The topological polar surface area (TPSA) is 42.0 Å². The van der Waals surface area contributed by atoms with Gasteiger partial charge in [-0.2, -0.15) is 0 Å². The Hall–Kier alpha value is -1.61. The van der Waals surface area contributed by atoms with Gasteiger partial charge in [-0.1, -0.05) is 18.2 Å². The first-order valence-electron chi connectivity index (χ1n) is 4.07. The van der Waals surface area contributed by atoms with Crippen LogP contribution in [0, 0.1) is 0 Å². The molecule has 0 bridgehead atoms. The summed E-state index contributed by atoms with van der Waals surface area (Å²) in [4.78, 5) is 14.8. The maximum atomic E-state index is 10.7. The largest absolute Gasteiger partial charge is 0.318 e. The molecule has 1 aromatic carbocycles. The Labute approximate surface area is 85.7 Å². The summed E-state index contributed by atoms with van der Waals surface area (Å²) in [5.41, 5.74) is 1.37. The molecular weight excluding hydrogens is 200 g/mol. The smallest absolute Gasteiger partial charge is 0.310 e. The van der Waals surface area contributed by atoms with Gasteiger partial charge in [-0.25, -0.2) is 0 Å². The van der Waals surface area contributed by atoms with Crippen LogP contribution in [-0.4, -0.2) is 10.4 Å². The molecule has 1 aromatic heterocycles. The number of aromatic nitrogens is 1. The number of nitrogens with zero attached hydrogens (tertiary/aromatic N) is 1. The van der Waals surface area contributed by atoms with Crippen LogP contribution in [0.25, 0.3) is 10.9 Å². The second-order valence-electron chi connectivity index (χ2n) is 2.78. The molecule has 70 valence electrons. The maximum absolute atomic E-state index is 10.7. The SMILES string of the molecule is O=C(Cl)Nc1cccc2cccnc12. The molecule has 14 heavy (non-hydrogen) atoms. The molecule has 0 aliphatic rings. The average molecular weight is 207 g/mol. The van der Waals surface area contributed by atoms with E-state index in [2.05, 4.69) is 10.3 Å². The molecule has 1 heterocycles. The highest BCUT2D eigenvalue weighted by Crippen LogP contribution is 2.20. The van der Waals surface area contributed by atoms with E-state index < -0.39 is 5.37 Å². The van der Waals surface area contributed by atoms with Gasteiger partial charge in [0.2, 0.25) is 0 Å². The molecule has 0 atom stereocenters. The van der Waals surface area contributed by atoms with Crippen molar-refractivity contribution in [3.8, 4) is 0 Å². The predicted octanol–water partition coefficient (Wildman–Crippen LogP) is 3.01. The van der Waals surface area contributed by atoms with Crippen LogP contribution in [0.1, 0.15) is 0 Å². The average Bonchev–Trinajstić information content (AvgIpc) is 2.18. The number of anilines is 1. The van der Waals surface area contributed by atoms with E-state index in [1.165, 1.54) is 0 Å². The number of benzene rings is 1. The number of pyridine rings is 1. The van der Waals surface area contributed by atoms with E-state index >= 15 is 0 Å². The number of amides is 1. The number of nitrogens with one attached hydrogen (secondary N) is 1. The zero-order chi connectivity index (χ0) is 9.97. The number of para-hydroxylation sites is 1. The molecule has 0 fully saturated rings. The minimum absolute atomic E-state index is 0.608. The zero-order valence-corrected chi connectivity index (χ0v) is 7.95. The number of halogens is 1. The van der Waals surface area contributed by atoms with Gasteiger partial charge in [0.1, 0.15) is 0 Å². The van der Waals surface area contributed by atoms with E-state index in [0.717, 1.165) is 10.9 Å². The first-order chi connectivity index (χ1) is 6.77. The number of fused-ring (bicyclic) bond motifs is 1. The maximum Gasteiger partial charge on any atom is 0.318 e. The van der Waals surface area contributed by atoms with E-state index in [1.807, 2.05) is 24.3 Å². The first-order valence-corrected chi connectivity index (χ1v) is 4.45. The summed E-state index contributed by atoms with van der Waals surface area (Å²) >= 11 is 5.23. The molecule has 0 saturated heterocycles. The van der Waals surface area contributed by atoms with Crippen LogP contribution in [0.3, 0.4) is 0 Å². The summed E-state index contributed by atoms with van der Waals surface area (Å²) in [7, 11) is 0. The lowest BCUT2D eigenvalue weighted by Gasteiger charge is -2.03. The molecule has 1 amide bonds. The van der Waals surface area contributed by atoms with Crippen molar-refractivity contribution in [3.05, 3.63) is 36.5 Å². The van der Waals surface area contributed by atoms with Gasteiger partial charge in [0.15, 0.2) is 0 Å². The Kier molecular flexibility index (Phi) is 2.33. The fraction of sp³-hybridized carbons (Fsp3) is 0. The normalized spacial score (nSPS) is 10.1. The highest BCUT2D eigenvalue weighted by molar-refractivity contribution is 6.65. The quantitative estimate of drug-likeness (QED) is 0.576. The zero-order valence-electron chi connectivity index (χ0n) is 7.20. The highest BCUT2D eigenvalue weighted by atomic mass is 35.5. The third kappa shape index (κ3) is 1.67. The van der Waals surface area contributed by atoms with Crippen molar-refractivity contribution in [2.45, 2.75) is 0 Å². The summed E-state index contributed by atoms with van der Waals surface area (Å²) in [5.74, 6) is 0. The fourth-order valence-electron chi connectivity index (χ4n) is 1.31. The van der Waals surface area contributed by atoms with Crippen molar-refractivity contribution in [1.82, 2.24) is 4.98 Å². The van der Waals surface area contributed by atoms with Crippen LogP contribution < -0.4 is 5.32 Å². The van der Waals surface area contributed by atoms with Gasteiger partial charge in [0.05, 0.1) is 11.2 Å². The van der Waals surface area contributed by atoms with Crippen LogP contribution in [0.5, 0.6) is 0 Å². The number of rotatable bonds is 1. The molecule has 0 radical (unpaired) electrons. The van der Waals surface area contributed by atoms with Crippen molar-refractivity contribution in [2.75, 3.05) is 5.32 Å². The van der Waals surface area contributed by atoms with E-state index in [1.54, 1.807) is 12.3 Å². The monoisotopic (exact) mass is 206 g/mol. The highest BCUT2D eigenvalue weighted by Gasteiger charge is 2.02. The summed E-state index contributed by atoms with van der Waals surface area (Å²) in [6, 6.07) is 9.29. The summed E-state index contributed by atoms with van der Waals surface area (Å²) < 4.78 is 0. The van der Waals surface area contributed by atoms with E-state index in [-0.39, 0.29) is 0 Å². The van der Waals surface area contributed by atoms with Crippen LogP contribution in [0.4, 0.5) is 10.5 Å². The molecule has 0 unspecified atom stereocenters. The molecule has 3 nitrogen and oxygen atoms in total. The summed E-state index contributed by atoms with van der Waals surface area (Å²) in [6.45, 7) is 0. The molecule has 4 heteroatoms. The van der Waals surface area contributed by atoms with Crippen LogP contribution in [0.15, 0.2) is 36.5 Å². The first kappa shape index (κ1) is 8.97. The van der Waals surface area contributed by atoms with Gasteiger partial charge in [-0.05, 0) is 23.7 Å². The summed E-state index contributed by atoms with van der Waals surface area (Å²) in [6.07, 6.45) is 1.67. The lowest BCUT2D eigenvalue weighted by Crippen LogP contribution is -2.01. The minimum atomic E-state index is -0.608. The molecule has 0 aliphatic heterocycles. The van der Waals surface area contributed by atoms with Crippen molar-refractivity contribution in [3.63, 3.8) is 0 Å². The molecule has 0 saturated carbocycles. The second kappa shape index (κ2) is 3.64.